The minimum atomic E-state index is -1.49. The van der Waals surface area contributed by atoms with E-state index in [-0.39, 0.29) is 0 Å². The standard InChI is InChI=1S/C18H27NO5/c1-11(2)10-12-6-8-13(9-7-12)15(20)14(16(21)22)19-17(23)24-18(3,4)5/h6-9,11,14-15,20H,10H2,1-5H3,(H,19,23)(H,21,22)/t14-,15+/m0/s1. The molecule has 0 fully saturated rings. The molecule has 1 aromatic carbocycles. The fourth-order valence-corrected chi connectivity index (χ4v) is 2.22. The molecule has 2 atom stereocenters. The van der Waals surface area contributed by atoms with Crippen LogP contribution in [0.4, 0.5) is 4.79 Å². The second kappa shape index (κ2) is 8.15. The third-order valence-corrected chi connectivity index (χ3v) is 3.22. The Balaban J connectivity index is 2.84. The number of amides is 1. The fraction of sp³-hybridized carbons (Fsp3) is 0.556. The lowest BCUT2D eigenvalue weighted by Crippen LogP contribution is -2.46. The van der Waals surface area contributed by atoms with Gasteiger partial charge >= 0.3 is 12.1 Å². The highest BCUT2D eigenvalue weighted by atomic mass is 16.6. The Kier molecular flexibility index (Phi) is 6.78. The number of rotatable bonds is 6. The van der Waals surface area contributed by atoms with Gasteiger partial charge in [0.2, 0.25) is 0 Å². The van der Waals surface area contributed by atoms with Gasteiger partial charge in [-0.3, -0.25) is 0 Å². The first kappa shape index (κ1) is 20.0. The number of aliphatic hydroxyl groups excluding tert-OH is 1. The summed E-state index contributed by atoms with van der Waals surface area (Å²) in [5.41, 5.74) is 0.773. The second-order valence-electron chi connectivity index (χ2n) is 7.25. The number of nitrogens with one attached hydrogen (secondary N) is 1. The molecule has 0 radical (unpaired) electrons. The maximum absolute atomic E-state index is 11.8. The molecule has 6 nitrogen and oxygen atoms in total. The molecule has 6 heteroatoms. The van der Waals surface area contributed by atoms with Crippen LogP contribution >= 0.6 is 0 Å². The predicted molar refractivity (Wildman–Crippen MR) is 90.7 cm³/mol. The molecule has 0 aliphatic carbocycles. The third kappa shape index (κ3) is 6.58. The normalized spacial score (nSPS) is 14.1. The lowest BCUT2D eigenvalue weighted by atomic mass is 9.97. The smallest absolute Gasteiger partial charge is 0.408 e. The van der Waals surface area contributed by atoms with Gasteiger partial charge in [-0.25, -0.2) is 9.59 Å². The summed E-state index contributed by atoms with van der Waals surface area (Å²) in [7, 11) is 0. The van der Waals surface area contributed by atoms with E-state index in [9.17, 15) is 19.8 Å². The van der Waals surface area contributed by atoms with Crippen LogP contribution in [0.3, 0.4) is 0 Å². The van der Waals surface area contributed by atoms with Crippen LogP contribution < -0.4 is 5.32 Å². The van der Waals surface area contributed by atoms with E-state index in [0.29, 0.717) is 11.5 Å². The van der Waals surface area contributed by atoms with Gasteiger partial charge in [0.05, 0.1) is 0 Å². The number of hydrogen-bond donors (Lipinski definition) is 3. The number of alkyl carbamates (subject to hydrolysis) is 1. The largest absolute Gasteiger partial charge is 0.480 e. The summed E-state index contributed by atoms with van der Waals surface area (Å²) in [6.45, 7) is 9.23. The van der Waals surface area contributed by atoms with Crippen molar-refractivity contribution < 1.29 is 24.5 Å². The molecule has 0 aliphatic heterocycles. The van der Waals surface area contributed by atoms with Crippen LogP contribution in [0, 0.1) is 5.92 Å². The van der Waals surface area contributed by atoms with E-state index in [1.165, 1.54) is 0 Å². The molecule has 0 heterocycles. The van der Waals surface area contributed by atoms with Gasteiger partial charge in [-0.15, -0.1) is 0 Å². The number of carbonyl (C=O) groups is 2. The van der Waals surface area contributed by atoms with Crippen LogP contribution in [0.25, 0.3) is 0 Å². The second-order valence-corrected chi connectivity index (χ2v) is 7.25. The molecule has 1 aromatic rings. The summed E-state index contributed by atoms with van der Waals surface area (Å²) < 4.78 is 5.04. The molecule has 134 valence electrons. The number of ether oxygens (including phenoxy) is 1. The summed E-state index contributed by atoms with van der Waals surface area (Å²) in [6.07, 6.45) is -1.36. The molecule has 0 saturated heterocycles. The van der Waals surface area contributed by atoms with Crippen molar-refractivity contribution >= 4 is 12.1 Å². The van der Waals surface area contributed by atoms with Gasteiger partial charge in [-0.1, -0.05) is 38.1 Å². The van der Waals surface area contributed by atoms with Crippen LogP contribution in [0.2, 0.25) is 0 Å². The SMILES string of the molecule is CC(C)Cc1ccc([C@@H](O)[C@H](NC(=O)OC(C)(C)C)C(=O)O)cc1. The summed E-state index contributed by atoms with van der Waals surface area (Å²) in [6, 6.07) is 5.57. The van der Waals surface area contributed by atoms with Crippen LogP contribution in [-0.4, -0.2) is 33.9 Å². The van der Waals surface area contributed by atoms with E-state index in [1.807, 2.05) is 12.1 Å². The van der Waals surface area contributed by atoms with E-state index in [4.69, 9.17) is 4.74 Å². The van der Waals surface area contributed by atoms with Gasteiger partial charge in [0.15, 0.2) is 6.04 Å². The third-order valence-electron chi connectivity index (χ3n) is 3.22. The van der Waals surface area contributed by atoms with Gasteiger partial charge in [-0.05, 0) is 44.2 Å². The van der Waals surface area contributed by atoms with E-state index < -0.39 is 29.8 Å². The van der Waals surface area contributed by atoms with Crippen molar-refractivity contribution in [1.82, 2.24) is 5.32 Å². The van der Waals surface area contributed by atoms with Gasteiger partial charge < -0.3 is 20.3 Å². The maximum Gasteiger partial charge on any atom is 0.408 e. The van der Waals surface area contributed by atoms with E-state index in [2.05, 4.69) is 19.2 Å². The topological polar surface area (TPSA) is 95.9 Å². The fourth-order valence-electron chi connectivity index (χ4n) is 2.22. The first-order valence-corrected chi connectivity index (χ1v) is 7.99. The number of aliphatic carboxylic acids is 1. The maximum atomic E-state index is 11.8. The molecular weight excluding hydrogens is 310 g/mol. The Labute approximate surface area is 142 Å². The molecule has 0 unspecified atom stereocenters. The minimum absolute atomic E-state index is 0.422. The van der Waals surface area contributed by atoms with Crippen molar-refractivity contribution in [2.24, 2.45) is 5.92 Å². The summed E-state index contributed by atoms with van der Waals surface area (Å²) in [4.78, 5) is 23.2. The van der Waals surface area contributed by atoms with Crippen molar-refractivity contribution in [3.8, 4) is 0 Å². The number of carbonyl (C=O) groups excluding carboxylic acids is 1. The molecule has 0 saturated carbocycles. The van der Waals surface area contributed by atoms with Gasteiger partial charge in [0.1, 0.15) is 11.7 Å². The summed E-state index contributed by atoms with van der Waals surface area (Å²) >= 11 is 0. The number of aliphatic hydroxyl groups is 1. The molecule has 0 spiro atoms. The quantitative estimate of drug-likeness (QED) is 0.742. The molecule has 3 N–H and O–H groups in total. The zero-order valence-electron chi connectivity index (χ0n) is 14.9. The van der Waals surface area contributed by atoms with E-state index in [1.54, 1.807) is 32.9 Å². The highest BCUT2D eigenvalue weighted by Crippen LogP contribution is 2.20. The number of hydrogen-bond acceptors (Lipinski definition) is 4. The molecule has 1 amide bonds. The molecular formula is C18H27NO5. The van der Waals surface area contributed by atoms with E-state index >= 15 is 0 Å². The first-order chi connectivity index (χ1) is 11.0. The van der Waals surface area contributed by atoms with Crippen LogP contribution in [0.15, 0.2) is 24.3 Å². The first-order valence-electron chi connectivity index (χ1n) is 7.99. The monoisotopic (exact) mass is 337 g/mol. The molecule has 1 rings (SSSR count). The van der Waals surface area contributed by atoms with Crippen LogP contribution in [0.5, 0.6) is 0 Å². The highest BCUT2D eigenvalue weighted by Gasteiger charge is 2.31. The predicted octanol–water partition coefficient (Wildman–Crippen LogP) is 2.90. The Hall–Kier alpha value is -2.08. The van der Waals surface area contributed by atoms with Crippen molar-refractivity contribution in [2.45, 2.75) is 58.8 Å². The Morgan fingerprint density at radius 1 is 1.17 bits per heavy atom. The van der Waals surface area contributed by atoms with Crippen molar-refractivity contribution in [1.29, 1.82) is 0 Å². The lowest BCUT2D eigenvalue weighted by Gasteiger charge is -2.24. The number of carboxylic acids is 1. The van der Waals surface area contributed by atoms with Crippen molar-refractivity contribution in [3.05, 3.63) is 35.4 Å². The Morgan fingerprint density at radius 3 is 2.12 bits per heavy atom. The number of benzene rings is 1. The highest BCUT2D eigenvalue weighted by molar-refractivity contribution is 5.80. The average Bonchev–Trinajstić information content (AvgIpc) is 2.42. The Bertz CT molecular complexity index is 560. The van der Waals surface area contributed by atoms with Crippen LogP contribution in [0.1, 0.15) is 51.8 Å². The minimum Gasteiger partial charge on any atom is -0.480 e. The van der Waals surface area contributed by atoms with Gasteiger partial charge in [0.25, 0.3) is 0 Å². The zero-order valence-corrected chi connectivity index (χ0v) is 14.9. The molecule has 24 heavy (non-hydrogen) atoms. The van der Waals surface area contributed by atoms with Gasteiger partial charge in [0, 0.05) is 0 Å². The van der Waals surface area contributed by atoms with Crippen LogP contribution in [-0.2, 0) is 16.0 Å². The molecule has 0 aromatic heterocycles. The Morgan fingerprint density at radius 2 is 1.71 bits per heavy atom. The molecule has 0 aliphatic rings. The lowest BCUT2D eigenvalue weighted by molar-refractivity contribution is -0.142. The molecule has 0 bridgehead atoms. The van der Waals surface area contributed by atoms with E-state index in [0.717, 1.165) is 12.0 Å². The van der Waals surface area contributed by atoms with Crippen molar-refractivity contribution in [3.63, 3.8) is 0 Å². The number of carboxylic acid groups (broad SMARTS) is 1. The van der Waals surface area contributed by atoms with Gasteiger partial charge in [-0.2, -0.15) is 0 Å². The summed E-state index contributed by atoms with van der Waals surface area (Å²) in [5, 5.41) is 21.8. The summed E-state index contributed by atoms with van der Waals surface area (Å²) in [5.74, 6) is -0.832. The zero-order chi connectivity index (χ0) is 18.5. The average molecular weight is 337 g/mol. The van der Waals surface area contributed by atoms with Crippen molar-refractivity contribution in [2.75, 3.05) is 0 Å².